The molecule has 104 valence electrons. The van der Waals surface area contributed by atoms with E-state index in [9.17, 15) is 14.7 Å². The molecule has 4 fully saturated rings. The minimum Gasteiger partial charge on any atom is -0.480 e. The summed E-state index contributed by atoms with van der Waals surface area (Å²) in [5, 5.41) is 9.29. The fourth-order valence-corrected chi connectivity index (χ4v) is 5.30. The Labute approximate surface area is 113 Å². The minimum absolute atomic E-state index is 0.165. The third-order valence-electron chi connectivity index (χ3n) is 6.09. The molecule has 1 aliphatic heterocycles. The van der Waals surface area contributed by atoms with E-state index in [2.05, 4.69) is 0 Å². The van der Waals surface area contributed by atoms with Crippen LogP contribution in [0.5, 0.6) is 0 Å². The molecule has 4 heteroatoms. The Kier molecular flexibility index (Phi) is 2.45. The van der Waals surface area contributed by atoms with Crippen LogP contribution in [0.4, 0.5) is 0 Å². The largest absolute Gasteiger partial charge is 0.480 e. The zero-order chi connectivity index (χ0) is 13.1. The van der Waals surface area contributed by atoms with Gasteiger partial charge in [-0.25, -0.2) is 4.79 Å². The molecule has 0 spiro atoms. The van der Waals surface area contributed by atoms with E-state index in [1.54, 1.807) is 4.90 Å². The average Bonchev–Trinajstić information content (AvgIpc) is 2.85. The standard InChI is InChI=1S/C15H21NO3/c17-14(16-6-2-1-3-10(16)15(18)19)13-11-8-4-5-9(7-8)12(11)13/h8-13H,1-7H2,(H,18,19)/t8?,9?,10-,11?,12?,13?/m0/s1. The van der Waals surface area contributed by atoms with Crippen LogP contribution in [0.1, 0.15) is 38.5 Å². The van der Waals surface area contributed by atoms with Crippen LogP contribution in [0.25, 0.3) is 0 Å². The second-order valence-corrected chi connectivity index (χ2v) is 6.90. The number of aliphatic carboxylic acids is 1. The van der Waals surface area contributed by atoms with Crippen molar-refractivity contribution >= 4 is 11.9 Å². The summed E-state index contributed by atoms with van der Waals surface area (Å²) in [6.07, 6.45) is 6.47. The van der Waals surface area contributed by atoms with Crippen molar-refractivity contribution in [1.82, 2.24) is 4.90 Å². The Morgan fingerprint density at radius 1 is 1.00 bits per heavy atom. The molecule has 2 bridgehead atoms. The van der Waals surface area contributed by atoms with Crippen LogP contribution in [-0.2, 0) is 9.59 Å². The van der Waals surface area contributed by atoms with Crippen LogP contribution in [0.15, 0.2) is 0 Å². The van der Waals surface area contributed by atoms with Gasteiger partial charge < -0.3 is 10.0 Å². The number of carbonyl (C=O) groups is 2. The van der Waals surface area contributed by atoms with E-state index in [1.165, 1.54) is 19.3 Å². The summed E-state index contributed by atoms with van der Waals surface area (Å²) in [6.45, 7) is 0.654. The highest BCUT2D eigenvalue weighted by Crippen LogP contribution is 2.69. The monoisotopic (exact) mass is 263 g/mol. The molecule has 3 aliphatic carbocycles. The molecule has 1 amide bonds. The van der Waals surface area contributed by atoms with Gasteiger partial charge >= 0.3 is 5.97 Å². The van der Waals surface area contributed by atoms with Crippen LogP contribution in [-0.4, -0.2) is 34.5 Å². The van der Waals surface area contributed by atoms with Gasteiger partial charge in [0.2, 0.25) is 5.91 Å². The molecule has 0 aromatic carbocycles. The molecular weight excluding hydrogens is 242 g/mol. The summed E-state index contributed by atoms with van der Waals surface area (Å²) < 4.78 is 0. The van der Waals surface area contributed by atoms with Gasteiger partial charge in [-0.1, -0.05) is 0 Å². The number of likely N-dealkylation sites (tertiary alicyclic amines) is 1. The molecule has 4 rings (SSSR count). The lowest BCUT2D eigenvalue weighted by Gasteiger charge is -2.33. The van der Waals surface area contributed by atoms with Gasteiger partial charge in [-0.05, 0) is 62.2 Å². The first-order valence-corrected chi connectivity index (χ1v) is 7.72. The Balaban J connectivity index is 1.50. The number of piperidine rings is 1. The average molecular weight is 263 g/mol. The predicted molar refractivity (Wildman–Crippen MR) is 68.3 cm³/mol. The predicted octanol–water partition coefficient (Wildman–Crippen LogP) is 1.74. The normalized spacial score (nSPS) is 47.1. The molecule has 0 aromatic rings. The molecule has 4 unspecified atom stereocenters. The molecule has 19 heavy (non-hydrogen) atoms. The highest BCUT2D eigenvalue weighted by atomic mass is 16.4. The van der Waals surface area contributed by atoms with Crippen molar-refractivity contribution in [2.45, 2.75) is 44.6 Å². The third-order valence-corrected chi connectivity index (χ3v) is 6.09. The van der Waals surface area contributed by atoms with E-state index in [4.69, 9.17) is 0 Å². The Morgan fingerprint density at radius 3 is 2.32 bits per heavy atom. The second-order valence-electron chi connectivity index (χ2n) is 6.90. The van der Waals surface area contributed by atoms with E-state index < -0.39 is 12.0 Å². The van der Waals surface area contributed by atoms with Crippen molar-refractivity contribution in [2.75, 3.05) is 6.54 Å². The van der Waals surface area contributed by atoms with Crippen LogP contribution in [0, 0.1) is 29.6 Å². The van der Waals surface area contributed by atoms with E-state index in [-0.39, 0.29) is 11.8 Å². The van der Waals surface area contributed by atoms with Gasteiger partial charge in [-0.2, -0.15) is 0 Å². The van der Waals surface area contributed by atoms with E-state index in [0.29, 0.717) is 24.8 Å². The van der Waals surface area contributed by atoms with Crippen LogP contribution in [0.2, 0.25) is 0 Å². The summed E-state index contributed by atoms with van der Waals surface area (Å²) in [4.78, 5) is 25.7. The van der Waals surface area contributed by atoms with E-state index >= 15 is 0 Å². The van der Waals surface area contributed by atoms with Crippen molar-refractivity contribution in [3.63, 3.8) is 0 Å². The number of fused-ring (bicyclic) bond motifs is 5. The van der Waals surface area contributed by atoms with Crippen molar-refractivity contribution < 1.29 is 14.7 Å². The minimum atomic E-state index is -0.818. The zero-order valence-corrected chi connectivity index (χ0v) is 11.1. The number of rotatable bonds is 2. The lowest BCUT2D eigenvalue weighted by molar-refractivity contribution is -0.153. The first-order chi connectivity index (χ1) is 9.18. The maximum absolute atomic E-state index is 12.7. The number of carboxylic acid groups (broad SMARTS) is 1. The number of amides is 1. The summed E-state index contributed by atoms with van der Waals surface area (Å²) >= 11 is 0. The fourth-order valence-electron chi connectivity index (χ4n) is 5.30. The summed E-state index contributed by atoms with van der Waals surface area (Å²) in [5.41, 5.74) is 0. The van der Waals surface area contributed by atoms with Crippen molar-refractivity contribution in [3.8, 4) is 0 Å². The maximum Gasteiger partial charge on any atom is 0.326 e. The van der Waals surface area contributed by atoms with E-state index in [1.807, 2.05) is 0 Å². The summed E-state index contributed by atoms with van der Waals surface area (Å²) in [7, 11) is 0. The topological polar surface area (TPSA) is 57.6 Å². The molecule has 4 nitrogen and oxygen atoms in total. The van der Waals surface area contributed by atoms with Gasteiger partial charge in [0.05, 0.1) is 0 Å². The molecule has 1 N–H and O–H groups in total. The molecule has 1 heterocycles. The van der Waals surface area contributed by atoms with Crippen LogP contribution >= 0.6 is 0 Å². The highest BCUT2D eigenvalue weighted by molar-refractivity contribution is 5.87. The number of hydrogen-bond acceptors (Lipinski definition) is 2. The lowest BCUT2D eigenvalue weighted by atomic mass is 9.98. The fraction of sp³-hybridized carbons (Fsp3) is 0.867. The van der Waals surface area contributed by atoms with Crippen molar-refractivity contribution in [3.05, 3.63) is 0 Å². The van der Waals surface area contributed by atoms with Gasteiger partial charge in [-0.15, -0.1) is 0 Å². The van der Waals surface area contributed by atoms with Gasteiger partial charge in [0.1, 0.15) is 6.04 Å². The summed E-state index contributed by atoms with van der Waals surface area (Å²) in [5.74, 6) is 2.31. The van der Waals surface area contributed by atoms with Gasteiger partial charge in [-0.3, -0.25) is 4.79 Å². The number of hydrogen-bond donors (Lipinski definition) is 1. The number of carbonyl (C=O) groups excluding carboxylic acids is 1. The quantitative estimate of drug-likeness (QED) is 0.825. The van der Waals surface area contributed by atoms with Gasteiger partial charge in [0.25, 0.3) is 0 Å². The molecular formula is C15H21NO3. The van der Waals surface area contributed by atoms with E-state index in [0.717, 1.165) is 24.7 Å². The maximum atomic E-state index is 12.7. The Morgan fingerprint density at radius 2 is 1.68 bits per heavy atom. The smallest absolute Gasteiger partial charge is 0.326 e. The highest BCUT2D eigenvalue weighted by Gasteiger charge is 2.68. The Hall–Kier alpha value is -1.06. The number of nitrogens with zero attached hydrogens (tertiary/aromatic N) is 1. The first-order valence-electron chi connectivity index (χ1n) is 7.72. The first kappa shape index (κ1) is 11.7. The van der Waals surface area contributed by atoms with Gasteiger partial charge in [0, 0.05) is 12.5 Å². The molecule has 4 aliphatic rings. The van der Waals surface area contributed by atoms with Crippen LogP contribution in [0.3, 0.4) is 0 Å². The molecule has 5 atom stereocenters. The molecule has 0 aromatic heterocycles. The van der Waals surface area contributed by atoms with Crippen molar-refractivity contribution in [2.24, 2.45) is 29.6 Å². The number of carboxylic acids is 1. The summed E-state index contributed by atoms with van der Waals surface area (Å²) in [6, 6.07) is -0.555. The SMILES string of the molecule is O=C(O)[C@@H]1CCCCN1C(=O)C1C2C3CCC(C3)C12. The molecule has 3 saturated carbocycles. The third kappa shape index (κ3) is 1.58. The van der Waals surface area contributed by atoms with Crippen molar-refractivity contribution in [1.29, 1.82) is 0 Å². The second kappa shape index (κ2) is 3.97. The van der Waals surface area contributed by atoms with Crippen LogP contribution < -0.4 is 0 Å². The van der Waals surface area contributed by atoms with Gasteiger partial charge in [0.15, 0.2) is 0 Å². The Bertz CT molecular complexity index is 419. The molecule has 0 radical (unpaired) electrons. The zero-order valence-electron chi connectivity index (χ0n) is 11.1. The molecule has 1 saturated heterocycles. The lowest BCUT2D eigenvalue weighted by Crippen LogP contribution is -2.49.